The standard InChI is InChI=1S/C13H11BrN2O4S/c1-2-8-3-4-12(21-8)11(17)7-15-5-9(14)13(18)10(6-15)16(19)20/h3-6H,2,7H2,1H3. The molecule has 0 aliphatic heterocycles. The maximum absolute atomic E-state index is 12.1. The molecular weight excluding hydrogens is 360 g/mol. The summed E-state index contributed by atoms with van der Waals surface area (Å²) in [6.07, 6.45) is 3.31. The highest BCUT2D eigenvalue weighted by molar-refractivity contribution is 9.10. The third-order valence-electron chi connectivity index (χ3n) is 2.82. The van der Waals surface area contributed by atoms with Crippen molar-refractivity contribution in [3.63, 3.8) is 0 Å². The molecule has 2 aromatic heterocycles. The zero-order valence-corrected chi connectivity index (χ0v) is 13.4. The number of nitrogens with zero attached hydrogens (tertiary/aromatic N) is 2. The molecule has 2 aromatic rings. The number of hydrogen-bond donors (Lipinski definition) is 0. The van der Waals surface area contributed by atoms with Gasteiger partial charge < -0.3 is 4.57 Å². The molecule has 0 N–H and O–H groups in total. The van der Waals surface area contributed by atoms with Gasteiger partial charge in [0.15, 0.2) is 5.78 Å². The minimum atomic E-state index is -0.756. The Balaban J connectivity index is 2.29. The Morgan fingerprint density at radius 3 is 2.71 bits per heavy atom. The summed E-state index contributed by atoms with van der Waals surface area (Å²) >= 11 is 4.39. The number of Topliss-reactive ketones (excluding diaryl/α,β-unsaturated/α-hetero) is 1. The number of rotatable bonds is 5. The Bertz CT molecular complexity index is 766. The number of pyridine rings is 1. The summed E-state index contributed by atoms with van der Waals surface area (Å²) in [4.78, 5) is 35.5. The van der Waals surface area contributed by atoms with E-state index in [9.17, 15) is 19.7 Å². The lowest BCUT2D eigenvalue weighted by molar-refractivity contribution is -0.386. The van der Waals surface area contributed by atoms with E-state index in [-0.39, 0.29) is 16.8 Å². The Kier molecular flexibility index (Phi) is 4.69. The molecule has 0 atom stereocenters. The second kappa shape index (κ2) is 6.31. The number of aryl methyl sites for hydroxylation is 1. The molecule has 0 aromatic carbocycles. The smallest absolute Gasteiger partial charge is 0.333 e. The minimum absolute atomic E-state index is 0.0522. The van der Waals surface area contributed by atoms with Crippen LogP contribution in [0.4, 0.5) is 5.69 Å². The van der Waals surface area contributed by atoms with E-state index in [1.807, 2.05) is 13.0 Å². The molecule has 0 saturated carbocycles. The molecule has 0 amide bonds. The van der Waals surface area contributed by atoms with E-state index in [0.717, 1.165) is 17.5 Å². The van der Waals surface area contributed by atoms with Gasteiger partial charge in [-0.05, 0) is 34.5 Å². The van der Waals surface area contributed by atoms with Crippen LogP contribution in [-0.4, -0.2) is 15.3 Å². The molecule has 0 unspecified atom stereocenters. The molecule has 0 aliphatic rings. The topological polar surface area (TPSA) is 82.2 Å². The van der Waals surface area contributed by atoms with E-state index in [1.54, 1.807) is 6.07 Å². The van der Waals surface area contributed by atoms with Crippen molar-refractivity contribution in [2.75, 3.05) is 0 Å². The largest absolute Gasteiger partial charge is 0.339 e. The van der Waals surface area contributed by atoms with E-state index in [4.69, 9.17) is 0 Å². The van der Waals surface area contributed by atoms with Crippen LogP contribution in [0.15, 0.2) is 33.8 Å². The second-order valence-corrected chi connectivity index (χ2v) is 6.32. The molecule has 0 bridgehead atoms. The van der Waals surface area contributed by atoms with Crippen LogP contribution in [0.3, 0.4) is 0 Å². The second-order valence-electron chi connectivity index (χ2n) is 4.29. The molecule has 0 aliphatic carbocycles. The zero-order chi connectivity index (χ0) is 15.6. The minimum Gasteiger partial charge on any atom is -0.339 e. The van der Waals surface area contributed by atoms with Crippen molar-refractivity contribution >= 4 is 38.7 Å². The first kappa shape index (κ1) is 15.6. The third-order valence-corrected chi connectivity index (χ3v) is 4.66. The van der Waals surface area contributed by atoms with Crippen molar-refractivity contribution in [2.45, 2.75) is 19.9 Å². The lowest BCUT2D eigenvalue weighted by Crippen LogP contribution is -2.16. The van der Waals surface area contributed by atoms with Crippen LogP contribution in [0, 0.1) is 10.1 Å². The van der Waals surface area contributed by atoms with Gasteiger partial charge in [0.1, 0.15) is 0 Å². The van der Waals surface area contributed by atoms with E-state index in [1.165, 1.54) is 22.1 Å². The van der Waals surface area contributed by atoms with Crippen molar-refractivity contribution < 1.29 is 9.72 Å². The predicted molar refractivity (Wildman–Crippen MR) is 83.1 cm³/mol. The number of halogens is 1. The number of carbonyl (C=O) groups excluding carboxylic acids is 1. The zero-order valence-electron chi connectivity index (χ0n) is 11.0. The highest BCUT2D eigenvalue weighted by Crippen LogP contribution is 2.19. The van der Waals surface area contributed by atoms with Gasteiger partial charge in [-0.15, -0.1) is 11.3 Å². The predicted octanol–water partition coefficient (Wildman–Crippen LogP) is 3.03. The van der Waals surface area contributed by atoms with Crippen molar-refractivity contribution in [1.82, 2.24) is 4.57 Å². The third kappa shape index (κ3) is 3.45. The number of nitro groups is 1. The van der Waals surface area contributed by atoms with Crippen LogP contribution in [0.25, 0.3) is 0 Å². The van der Waals surface area contributed by atoms with Crippen LogP contribution in [0.2, 0.25) is 0 Å². The van der Waals surface area contributed by atoms with Gasteiger partial charge >= 0.3 is 5.69 Å². The van der Waals surface area contributed by atoms with E-state index < -0.39 is 16.0 Å². The van der Waals surface area contributed by atoms with Crippen molar-refractivity contribution in [2.24, 2.45) is 0 Å². The molecule has 2 rings (SSSR count). The first-order chi connectivity index (χ1) is 9.92. The normalized spacial score (nSPS) is 10.6. The van der Waals surface area contributed by atoms with Gasteiger partial charge in [-0.3, -0.25) is 19.7 Å². The fourth-order valence-electron chi connectivity index (χ4n) is 1.76. The fourth-order valence-corrected chi connectivity index (χ4v) is 3.11. The molecule has 0 radical (unpaired) electrons. The monoisotopic (exact) mass is 370 g/mol. The van der Waals surface area contributed by atoms with Crippen molar-refractivity contribution in [3.8, 4) is 0 Å². The van der Waals surface area contributed by atoms with Crippen LogP contribution in [0.1, 0.15) is 21.5 Å². The number of aromatic nitrogens is 1. The molecule has 8 heteroatoms. The molecule has 0 spiro atoms. The number of hydrogen-bond acceptors (Lipinski definition) is 5. The molecule has 110 valence electrons. The average Bonchev–Trinajstić information content (AvgIpc) is 2.91. The maximum atomic E-state index is 12.1. The van der Waals surface area contributed by atoms with E-state index in [2.05, 4.69) is 15.9 Å². The molecule has 21 heavy (non-hydrogen) atoms. The highest BCUT2D eigenvalue weighted by atomic mass is 79.9. The Morgan fingerprint density at radius 2 is 2.14 bits per heavy atom. The molecule has 6 nitrogen and oxygen atoms in total. The summed E-state index contributed by atoms with van der Waals surface area (Å²) in [7, 11) is 0. The van der Waals surface area contributed by atoms with Crippen LogP contribution in [0.5, 0.6) is 0 Å². The van der Waals surface area contributed by atoms with Gasteiger partial charge in [-0.25, -0.2) is 0 Å². The SMILES string of the molecule is CCc1ccc(C(=O)Cn2cc(Br)c(=O)c([N+](=O)[O-])c2)s1. The first-order valence-corrected chi connectivity index (χ1v) is 7.69. The van der Waals surface area contributed by atoms with Crippen LogP contribution >= 0.6 is 27.3 Å². The van der Waals surface area contributed by atoms with E-state index in [0.29, 0.717) is 4.88 Å². The van der Waals surface area contributed by atoms with Gasteiger partial charge in [-0.1, -0.05) is 6.92 Å². The van der Waals surface area contributed by atoms with Gasteiger partial charge in [0.05, 0.1) is 27.0 Å². The summed E-state index contributed by atoms with van der Waals surface area (Å²) in [5.74, 6) is -0.149. The molecule has 0 saturated heterocycles. The number of ketones is 1. The molecular formula is C13H11BrN2O4S. The highest BCUT2D eigenvalue weighted by Gasteiger charge is 2.17. The lowest BCUT2D eigenvalue weighted by atomic mass is 10.3. The quantitative estimate of drug-likeness (QED) is 0.460. The maximum Gasteiger partial charge on any atom is 0.333 e. The first-order valence-electron chi connectivity index (χ1n) is 6.08. The summed E-state index contributed by atoms with van der Waals surface area (Å²) in [6.45, 7) is 1.95. The summed E-state index contributed by atoms with van der Waals surface area (Å²) in [5.41, 5.74) is -1.26. The Morgan fingerprint density at radius 1 is 1.43 bits per heavy atom. The number of thiophene rings is 1. The van der Waals surface area contributed by atoms with Crippen molar-refractivity contribution in [3.05, 3.63) is 59.1 Å². The van der Waals surface area contributed by atoms with Crippen LogP contribution in [-0.2, 0) is 13.0 Å². The summed E-state index contributed by atoms with van der Waals surface area (Å²) in [5, 5.41) is 10.8. The van der Waals surface area contributed by atoms with Gasteiger partial charge in [0, 0.05) is 11.1 Å². The number of carbonyl (C=O) groups is 1. The molecule has 0 fully saturated rings. The van der Waals surface area contributed by atoms with Crippen molar-refractivity contribution in [1.29, 1.82) is 0 Å². The van der Waals surface area contributed by atoms with Gasteiger partial charge in [0.25, 0.3) is 5.43 Å². The summed E-state index contributed by atoms with van der Waals surface area (Å²) < 4.78 is 1.40. The average molecular weight is 371 g/mol. The fraction of sp³-hybridized carbons (Fsp3) is 0.231. The summed E-state index contributed by atoms with van der Waals surface area (Å²) in [6, 6.07) is 3.64. The Labute approximate surface area is 132 Å². The molecule has 2 heterocycles. The van der Waals surface area contributed by atoms with Gasteiger partial charge in [-0.2, -0.15) is 0 Å². The van der Waals surface area contributed by atoms with Gasteiger partial charge in [0.2, 0.25) is 0 Å². The lowest BCUT2D eigenvalue weighted by Gasteiger charge is -2.05. The van der Waals surface area contributed by atoms with Crippen LogP contribution < -0.4 is 5.43 Å². The van der Waals surface area contributed by atoms with E-state index >= 15 is 0 Å². The Hall–Kier alpha value is -1.80.